The molecule has 2 heterocycles. The third kappa shape index (κ3) is 8.14. The van der Waals surface area contributed by atoms with E-state index in [0.717, 1.165) is 31.6 Å². The lowest BCUT2D eigenvalue weighted by molar-refractivity contribution is 0.138. The van der Waals surface area contributed by atoms with Crippen molar-refractivity contribution in [2.75, 3.05) is 19.8 Å². The average molecular weight is 448 g/mol. The zero-order chi connectivity index (χ0) is 16.3. The van der Waals surface area contributed by atoms with Crippen molar-refractivity contribution in [1.29, 1.82) is 0 Å². The van der Waals surface area contributed by atoms with Gasteiger partial charge in [0.25, 0.3) is 0 Å². The Morgan fingerprint density at radius 3 is 3.08 bits per heavy atom. The Morgan fingerprint density at radius 2 is 2.33 bits per heavy atom. The zero-order valence-corrected chi connectivity index (χ0v) is 16.7. The van der Waals surface area contributed by atoms with Crippen LogP contribution >= 0.6 is 24.0 Å². The molecule has 1 atom stereocenters. The van der Waals surface area contributed by atoms with Crippen LogP contribution in [-0.2, 0) is 11.3 Å². The van der Waals surface area contributed by atoms with Gasteiger partial charge in [-0.2, -0.15) is 0 Å². The molecule has 0 aromatic carbocycles. The minimum atomic E-state index is 0. The molecule has 0 amide bonds. The summed E-state index contributed by atoms with van der Waals surface area (Å²) in [6, 6.07) is 3.84. The summed E-state index contributed by atoms with van der Waals surface area (Å²) in [7, 11) is 0. The van der Waals surface area contributed by atoms with Crippen molar-refractivity contribution < 1.29 is 9.47 Å². The normalized spacial score (nSPS) is 17.4. The largest absolute Gasteiger partial charge is 0.472 e. The molecular weight excluding hydrogens is 419 g/mol. The first kappa shape index (κ1) is 21.0. The first-order chi connectivity index (χ1) is 11.3. The lowest BCUT2D eigenvalue weighted by atomic mass is 10.2. The molecule has 3 N–H and O–H groups in total. The number of pyridine rings is 1. The highest BCUT2D eigenvalue weighted by molar-refractivity contribution is 14.0. The fourth-order valence-corrected chi connectivity index (χ4v) is 2.39. The van der Waals surface area contributed by atoms with Crippen LogP contribution in [0.4, 0.5) is 0 Å². The Hall–Kier alpha value is -1.09. The van der Waals surface area contributed by atoms with E-state index in [4.69, 9.17) is 15.2 Å². The summed E-state index contributed by atoms with van der Waals surface area (Å²) in [5, 5.41) is 3.15. The quantitative estimate of drug-likeness (QED) is 0.263. The van der Waals surface area contributed by atoms with Crippen LogP contribution in [-0.4, -0.2) is 36.8 Å². The number of nitrogens with two attached hydrogens (primary N) is 1. The van der Waals surface area contributed by atoms with Gasteiger partial charge in [0.15, 0.2) is 5.96 Å². The first-order valence-corrected chi connectivity index (χ1v) is 8.51. The van der Waals surface area contributed by atoms with E-state index in [9.17, 15) is 0 Å². The number of nitrogens with one attached hydrogen (secondary N) is 1. The summed E-state index contributed by atoms with van der Waals surface area (Å²) in [5.41, 5.74) is 6.91. The molecule has 0 saturated carbocycles. The third-order valence-electron chi connectivity index (χ3n) is 3.74. The molecule has 1 aliphatic heterocycles. The Labute approximate surface area is 161 Å². The van der Waals surface area contributed by atoms with E-state index >= 15 is 0 Å². The molecule has 1 aromatic heterocycles. The Kier molecular flexibility index (Phi) is 10.7. The molecule has 1 aliphatic rings. The molecule has 2 rings (SSSR count). The Morgan fingerprint density at radius 1 is 1.46 bits per heavy atom. The number of halogens is 1. The van der Waals surface area contributed by atoms with Gasteiger partial charge in [-0.3, -0.25) is 0 Å². The molecule has 0 spiro atoms. The minimum absolute atomic E-state index is 0. The third-order valence-corrected chi connectivity index (χ3v) is 3.74. The van der Waals surface area contributed by atoms with Crippen LogP contribution in [0.1, 0.15) is 44.6 Å². The molecule has 1 unspecified atom stereocenters. The van der Waals surface area contributed by atoms with E-state index in [-0.39, 0.29) is 30.1 Å². The molecule has 136 valence electrons. The predicted octanol–water partition coefficient (Wildman–Crippen LogP) is 2.85. The second kappa shape index (κ2) is 12.3. The number of rotatable bonds is 9. The number of nitrogens with zero attached hydrogens (tertiary/aromatic N) is 2. The molecule has 7 heteroatoms. The molecule has 6 nitrogen and oxygen atoms in total. The summed E-state index contributed by atoms with van der Waals surface area (Å²) >= 11 is 0. The van der Waals surface area contributed by atoms with Gasteiger partial charge in [0.05, 0.1) is 19.8 Å². The summed E-state index contributed by atoms with van der Waals surface area (Å²) < 4.78 is 11.1. The van der Waals surface area contributed by atoms with E-state index in [2.05, 4.69) is 22.2 Å². The van der Waals surface area contributed by atoms with Crippen molar-refractivity contribution >= 4 is 29.9 Å². The topological polar surface area (TPSA) is 81.8 Å². The van der Waals surface area contributed by atoms with Gasteiger partial charge in [-0.25, -0.2) is 9.98 Å². The van der Waals surface area contributed by atoms with Crippen LogP contribution in [0.5, 0.6) is 5.88 Å². The monoisotopic (exact) mass is 448 g/mol. The second-order valence-electron chi connectivity index (χ2n) is 5.79. The van der Waals surface area contributed by atoms with Crippen LogP contribution in [0.15, 0.2) is 23.3 Å². The van der Waals surface area contributed by atoms with Gasteiger partial charge in [0.1, 0.15) is 6.10 Å². The van der Waals surface area contributed by atoms with E-state index < -0.39 is 0 Å². The highest BCUT2D eigenvalue weighted by Crippen LogP contribution is 2.16. The number of unbranched alkanes of at least 4 members (excludes halogenated alkanes) is 3. The van der Waals surface area contributed by atoms with Gasteiger partial charge in [-0.05, 0) is 18.1 Å². The minimum Gasteiger partial charge on any atom is -0.472 e. The zero-order valence-electron chi connectivity index (χ0n) is 14.4. The molecule has 1 aromatic rings. The van der Waals surface area contributed by atoms with Crippen molar-refractivity contribution in [3.8, 4) is 5.88 Å². The molecule has 0 aliphatic carbocycles. The maximum atomic E-state index is 5.88. The SMILES string of the molecule is CCCCCCNC(N)=NCc1ccnc(OC2CCOC2)c1.I. The van der Waals surface area contributed by atoms with E-state index in [0.29, 0.717) is 25.0 Å². The number of aromatic nitrogens is 1. The van der Waals surface area contributed by atoms with Crippen molar-refractivity contribution in [1.82, 2.24) is 10.3 Å². The second-order valence-corrected chi connectivity index (χ2v) is 5.79. The summed E-state index contributed by atoms with van der Waals surface area (Å²) in [5.74, 6) is 1.12. The summed E-state index contributed by atoms with van der Waals surface area (Å²) in [6.45, 7) is 5.00. The van der Waals surface area contributed by atoms with Gasteiger partial charge >= 0.3 is 0 Å². The highest BCUT2D eigenvalue weighted by Gasteiger charge is 2.17. The van der Waals surface area contributed by atoms with Gasteiger partial charge in [-0.15, -0.1) is 24.0 Å². The number of ether oxygens (including phenoxy) is 2. The summed E-state index contributed by atoms with van der Waals surface area (Å²) in [4.78, 5) is 8.60. The molecule has 1 saturated heterocycles. The lowest BCUT2D eigenvalue weighted by Gasteiger charge is -2.11. The van der Waals surface area contributed by atoms with Crippen LogP contribution < -0.4 is 15.8 Å². The fraction of sp³-hybridized carbons (Fsp3) is 0.647. The van der Waals surface area contributed by atoms with Gasteiger partial charge < -0.3 is 20.5 Å². The van der Waals surface area contributed by atoms with Gasteiger partial charge in [0.2, 0.25) is 5.88 Å². The molecular formula is C17H29IN4O2. The Balaban J connectivity index is 0.00000288. The maximum Gasteiger partial charge on any atom is 0.213 e. The number of hydrogen-bond donors (Lipinski definition) is 2. The molecule has 24 heavy (non-hydrogen) atoms. The first-order valence-electron chi connectivity index (χ1n) is 8.51. The predicted molar refractivity (Wildman–Crippen MR) is 107 cm³/mol. The average Bonchev–Trinajstić information content (AvgIpc) is 3.06. The van der Waals surface area contributed by atoms with E-state index in [1.807, 2.05) is 12.1 Å². The van der Waals surface area contributed by atoms with E-state index in [1.54, 1.807) is 6.20 Å². The van der Waals surface area contributed by atoms with Crippen LogP contribution in [0, 0.1) is 0 Å². The number of guanidine groups is 1. The Bertz CT molecular complexity index is 493. The number of aliphatic imine (C=N–C) groups is 1. The summed E-state index contributed by atoms with van der Waals surface area (Å²) in [6.07, 6.45) is 7.63. The van der Waals surface area contributed by atoms with Gasteiger partial charge in [0, 0.05) is 25.2 Å². The molecule has 0 radical (unpaired) electrons. The van der Waals surface area contributed by atoms with Crippen LogP contribution in [0.2, 0.25) is 0 Å². The van der Waals surface area contributed by atoms with Crippen molar-refractivity contribution in [3.05, 3.63) is 23.9 Å². The lowest BCUT2D eigenvalue weighted by Crippen LogP contribution is -2.32. The molecule has 1 fully saturated rings. The standard InChI is InChI=1S/C17H28N4O2.HI/c1-2-3-4-5-8-20-17(18)21-12-14-6-9-19-16(11-14)23-15-7-10-22-13-15;/h6,9,11,15H,2-5,7-8,10,12-13H2,1H3,(H3,18,20,21);1H. The van der Waals surface area contributed by atoms with Gasteiger partial charge in [-0.1, -0.05) is 26.2 Å². The molecule has 0 bridgehead atoms. The smallest absolute Gasteiger partial charge is 0.213 e. The fourth-order valence-electron chi connectivity index (χ4n) is 2.39. The number of hydrogen-bond acceptors (Lipinski definition) is 4. The maximum absolute atomic E-state index is 5.88. The van der Waals surface area contributed by atoms with Crippen LogP contribution in [0.25, 0.3) is 0 Å². The van der Waals surface area contributed by atoms with Crippen LogP contribution in [0.3, 0.4) is 0 Å². The van der Waals surface area contributed by atoms with Crippen molar-refractivity contribution in [2.45, 2.75) is 51.7 Å². The van der Waals surface area contributed by atoms with Crippen molar-refractivity contribution in [3.63, 3.8) is 0 Å². The highest BCUT2D eigenvalue weighted by atomic mass is 127. The van der Waals surface area contributed by atoms with E-state index in [1.165, 1.54) is 19.3 Å². The van der Waals surface area contributed by atoms with Crippen molar-refractivity contribution in [2.24, 2.45) is 10.7 Å².